The minimum Gasteiger partial charge on any atom is -0.459 e. The largest absolute Gasteiger partial charge is 0.459 e. The van der Waals surface area contributed by atoms with Crippen LogP contribution in [0.4, 0.5) is 0 Å². The summed E-state index contributed by atoms with van der Waals surface area (Å²) in [4.78, 5) is 8.38. The van der Waals surface area contributed by atoms with Crippen LogP contribution in [-0.2, 0) is 13.0 Å². The van der Waals surface area contributed by atoms with Crippen molar-refractivity contribution in [2.75, 3.05) is 13.6 Å². The molecule has 0 bridgehead atoms. The first-order chi connectivity index (χ1) is 11.8. The fraction of sp³-hybridized carbons (Fsp3) is 0.263. The molecule has 0 aliphatic heterocycles. The lowest BCUT2D eigenvalue weighted by atomic mass is 10.1. The first-order valence-corrected chi connectivity index (χ1v) is 8.08. The predicted molar refractivity (Wildman–Crippen MR) is 113 cm³/mol. The van der Waals surface area contributed by atoms with Crippen LogP contribution < -0.4 is 10.6 Å². The van der Waals surface area contributed by atoms with Crippen LogP contribution in [0.5, 0.6) is 0 Å². The number of nitrogens with zero attached hydrogens (tertiary/aromatic N) is 2. The van der Waals surface area contributed by atoms with Crippen molar-refractivity contribution in [3.05, 3.63) is 65.7 Å². The van der Waals surface area contributed by atoms with Gasteiger partial charge in [-0.15, -0.1) is 24.0 Å². The Morgan fingerprint density at radius 1 is 1.16 bits per heavy atom. The molecule has 2 N–H and O–H groups in total. The molecule has 0 spiro atoms. The smallest absolute Gasteiger partial charge is 0.191 e. The first-order valence-electron chi connectivity index (χ1n) is 8.08. The summed E-state index contributed by atoms with van der Waals surface area (Å²) < 4.78 is 5.91. The number of hydrogen-bond donors (Lipinski definition) is 2. The number of nitrogens with one attached hydrogen (secondary N) is 2. The highest BCUT2D eigenvalue weighted by Crippen LogP contribution is 2.24. The van der Waals surface area contributed by atoms with Crippen molar-refractivity contribution in [3.63, 3.8) is 0 Å². The number of rotatable bonds is 5. The number of benzene rings is 1. The van der Waals surface area contributed by atoms with Crippen molar-refractivity contribution in [1.82, 2.24) is 15.6 Å². The molecule has 0 amide bonds. The van der Waals surface area contributed by atoms with Crippen LogP contribution >= 0.6 is 24.0 Å². The maximum absolute atomic E-state index is 5.91. The second-order valence-corrected chi connectivity index (χ2v) is 5.61. The summed E-state index contributed by atoms with van der Waals surface area (Å²) >= 11 is 0. The van der Waals surface area contributed by atoms with E-state index in [4.69, 9.17) is 4.42 Å². The molecule has 0 saturated carbocycles. The second kappa shape index (κ2) is 9.41. The molecule has 0 fully saturated rings. The molecule has 0 aliphatic carbocycles. The molecule has 0 radical (unpaired) electrons. The van der Waals surface area contributed by atoms with E-state index in [1.54, 1.807) is 13.2 Å². The molecule has 132 valence electrons. The van der Waals surface area contributed by atoms with Gasteiger partial charge in [-0.1, -0.05) is 24.3 Å². The number of pyridine rings is 1. The first kappa shape index (κ1) is 19.2. The van der Waals surface area contributed by atoms with Crippen LogP contribution in [0, 0.1) is 6.92 Å². The Hall–Kier alpha value is -2.09. The van der Waals surface area contributed by atoms with E-state index in [2.05, 4.69) is 39.7 Å². The highest BCUT2D eigenvalue weighted by Gasteiger charge is 2.10. The Kier molecular flexibility index (Phi) is 7.24. The van der Waals surface area contributed by atoms with Crippen LogP contribution in [0.3, 0.4) is 0 Å². The van der Waals surface area contributed by atoms with Crippen LogP contribution in [0.25, 0.3) is 11.0 Å². The summed E-state index contributed by atoms with van der Waals surface area (Å²) in [7, 11) is 1.77. The summed E-state index contributed by atoms with van der Waals surface area (Å²) in [5.41, 5.74) is 3.30. The van der Waals surface area contributed by atoms with Crippen molar-refractivity contribution >= 4 is 40.9 Å². The number of para-hydroxylation sites is 1. The molecule has 25 heavy (non-hydrogen) atoms. The van der Waals surface area contributed by atoms with Crippen molar-refractivity contribution in [2.24, 2.45) is 4.99 Å². The minimum absolute atomic E-state index is 0. The zero-order valence-electron chi connectivity index (χ0n) is 14.5. The van der Waals surface area contributed by atoms with E-state index in [9.17, 15) is 0 Å². The third-order valence-electron chi connectivity index (χ3n) is 4.01. The molecule has 1 aromatic carbocycles. The van der Waals surface area contributed by atoms with Crippen molar-refractivity contribution in [2.45, 2.75) is 19.9 Å². The number of aryl methyl sites for hydroxylation is 1. The van der Waals surface area contributed by atoms with Gasteiger partial charge in [-0.3, -0.25) is 9.98 Å². The monoisotopic (exact) mass is 450 g/mol. The zero-order chi connectivity index (χ0) is 16.8. The average molecular weight is 450 g/mol. The van der Waals surface area contributed by atoms with Gasteiger partial charge in [0.2, 0.25) is 0 Å². The number of halogens is 1. The summed E-state index contributed by atoms with van der Waals surface area (Å²) in [6, 6.07) is 12.1. The summed E-state index contributed by atoms with van der Waals surface area (Å²) in [6.07, 6.45) is 4.57. The maximum atomic E-state index is 5.91. The summed E-state index contributed by atoms with van der Waals surface area (Å²) in [6.45, 7) is 3.49. The van der Waals surface area contributed by atoms with E-state index in [0.717, 1.165) is 35.7 Å². The Morgan fingerprint density at radius 3 is 2.72 bits per heavy atom. The number of hydrogen-bond acceptors (Lipinski definition) is 3. The molecule has 0 unspecified atom stereocenters. The van der Waals surface area contributed by atoms with Gasteiger partial charge in [-0.25, -0.2) is 0 Å². The fourth-order valence-electron chi connectivity index (χ4n) is 2.65. The Morgan fingerprint density at radius 2 is 2.00 bits per heavy atom. The van der Waals surface area contributed by atoms with Crippen LogP contribution in [0.1, 0.15) is 16.9 Å². The van der Waals surface area contributed by atoms with E-state index in [1.807, 2.05) is 30.5 Å². The molecule has 6 heteroatoms. The minimum atomic E-state index is 0. The molecule has 2 aromatic heterocycles. The average Bonchev–Trinajstić information content (AvgIpc) is 2.95. The molecule has 0 saturated heterocycles. The lowest BCUT2D eigenvalue weighted by Crippen LogP contribution is -2.37. The molecular formula is C19H23IN4O. The number of guanidine groups is 1. The molecule has 0 atom stereocenters. The topological polar surface area (TPSA) is 62.5 Å². The van der Waals surface area contributed by atoms with Crippen molar-refractivity contribution in [1.29, 1.82) is 0 Å². The number of fused-ring (bicyclic) bond motifs is 1. The second-order valence-electron chi connectivity index (χ2n) is 5.61. The Labute approximate surface area is 165 Å². The van der Waals surface area contributed by atoms with Gasteiger partial charge in [0.15, 0.2) is 5.96 Å². The predicted octanol–water partition coefficient (Wildman–Crippen LogP) is 3.66. The highest BCUT2D eigenvalue weighted by atomic mass is 127. The van der Waals surface area contributed by atoms with Crippen molar-refractivity contribution < 1.29 is 4.42 Å². The zero-order valence-corrected chi connectivity index (χ0v) is 16.8. The molecule has 5 nitrogen and oxygen atoms in total. The van der Waals surface area contributed by atoms with E-state index in [0.29, 0.717) is 6.54 Å². The quantitative estimate of drug-likeness (QED) is 0.354. The van der Waals surface area contributed by atoms with Gasteiger partial charge in [-0.2, -0.15) is 0 Å². The highest BCUT2D eigenvalue weighted by molar-refractivity contribution is 14.0. The van der Waals surface area contributed by atoms with Gasteiger partial charge in [0.25, 0.3) is 0 Å². The molecule has 3 aromatic rings. The Bertz CT molecular complexity index is 830. The van der Waals surface area contributed by atoms with E-state index in [-0.39, 0.29) is 24.0 Å². The molecule has 2 heterocycles. The summed E-state index contributed by atoms with van der Waals surface area (Å²) in [5, 5.41) is 7.78. The number of furan rings is 1. The van der Waals surface area contributed by atoms with Gasteiger partial charge >= 0.3 is 0 Å². The molecule has 3 rings (SSSR count). The van der Waals surface area contributed by atoms with Crippen molar-refractivity contribution in [3.8, 4) is 0 Å². The van der Waals surface area contributed by atoms with Crippen LogP contribution in [0.2, 0.25) is 0 Å². The fourth-order valence-corrected chi connectivity index (χ4v) is 2.65. The number of aromatic nitrogens is 1. The van der Waals surface area contributed by atoms with Gasteiger partial charge < -0.3 is 15.1 Å². The third kappa shape index (κ3) is 4.94. The van der Waals surface area contributed by atoms with E-state index in [1.165, 1.54) is 11.1 Å². The molecule has 0 aliphatic rings. The summed E-state index contributed by atoms with van der Waals surface area (Å²) in [5.74, 6) is 1.70. The van der Waals surface area contributed by atoms with Gasteiger partial charge in [-0.05, 0) is 31.0 Å². The van der Waals surface area contributed by atoms with E-state index >= 15 is 0 Å². The van der Waals surface area contributed by atoms with Crippen LogP contribution in [-0.4, -0.2) is 24.5 Å². The van der Waals surface area contributed by atoms with Gasteiger partial charge in [0, 0.05) is 36.9 Å². The standard InChI is InChI=1S/C19H22N4O.HI/c1-14-16-7-3-4-8-17(16)24-18(14)13-23-19(20-2)22-11-9-15-6-5-10-21-12-15;/h3-8,10,12H,9,11,13H2,1-2H3,(H2,20,22,23);1H. The maximum Gasteiger partial charge on any atom is 0.191 e. The number of aliphatic imine (C=N–C) groups is 1. The van der Waals surface area contributed by atoms with Gasteiger partial charge in [0.1, 0.15) is 11.3 Å². The molecular weight excluding hydrogens is 427 g/mol. The Balaban J connectivity index is 0.00000225. The third-order valence-corrected chi connectivity index (χ3v) is 4.01. The SMILES string of the molecule is CN=C(NCCc1cccnc1)NCc1oc2ccccc2c1C.I. The normalized spacial score (nSPS) is 11.2. The lowest BCUT2D eigenvalue weighted by molar-refractivity contribution is 0.534. The van der Waals surface area contributed by atoms with Crippen LogP contribution in [0.15, 0.2) is 58.2 Å². The lowest BCUT2D eigenvalue weighted by Gasteiger charge is -2.11. The van der Waals surface area contributed by atoms with Gasteiger partial charge in [0.05, 0.1) is 6.54 Å². The van der Waals surface area contributed by atoms with E-state index < -0.39 is 0 Å².